The van der Waals surface area contributed by atoms with Crippen LogP contribution in [0.25, 0.3) is 16.9 Å². The van der Waals surface area contributed by atoms with Crippen molar-refractivity contribution in [2.24, 2.45) is 0 Å². The molecule has 3 aromatic rings. The SMILES string of the molecule is O=C(O)CNCc1cnn(-c2ccc(OC(F)(F)F)cc2)c1-c1ccccc1F. The highest BCUT2D eigenvalue weighted by Crippen LogP contribution is 2.30. The van der Waals surface area contributed by atoms with Gasteiger partial charge >= 0.3 is 12.3 Å². The molecule has 2 N–H and O–H groups in total. The van der Waals surface area contributed by atoms with E-state index in [0.29, 0.717) is 16.9 Å². The van der Waals surface area contributed by atoms with Gasteiger partial charge in [-0.1, -0.05) is 12.1 Å². The van der Waals surface area contributed by atoms with Gasteiger partial charge in [0.2, 0.25) is 0 Å². The number of nitrogens with one attached hydrogen (secondary N) is 1. The molecule has 0 saturated heterocycles. The molecule has 6 nitrogen and oxygen atoms in total. The van der Waals surface area contributed by atoms with Crippen molar-refractivity contribution < 1.29 is 32.2 Å². The first-order valence-electron chi connectivity index (χ1n) is 8.35. The number of carboxylic acids is 1. The average Bonchev–Trinajstić information content (AvgIpc) is 3.05. The smallest absolute Gasteiger partial charge is 0.480 e. The van der Waals surface area contributed by atoms with Crippen molar-refractivity contribution in [3.63, 3.8) is 0 Å². The summed E-state index contributed by atoms with van der Waals surface area (Å²) in [5, 5.41) is 15.7. The summed E-state index contributed by atoms with van der Waals surface area (Å²) in [6, 6.07) is 10.9. The van der Waals surface area contributed by atoms with Gasteiger partial charge in [0, 0.05) is 17.7 Å². The molecular formula is C19H15F4N3O3. The zero-order valence-corrected chi connectivity index (χ0v) is 14.8. The van der Waals surface area contributed by atoms with Gasteiger partial charge in [0.1, 0.15) is 11.6 Å². The molecule has 0 saturated carbocycles. The predicted molar refractivity (Wildman–Crippen MR) is 95.0 cm³/mol. The fourth-order valence-electron chi connectivity index (χ4n) is 2.74. The van der Waals surface area contributed by atoms with Crippen molar-refractivity contribution in [3.8, 4) is 22.7 Å². The second-order valence-electron chi connectivity index (χ2n) is 5.95. The van der Waals surface area contributed by atoms with Crippen LogP contribution in [0.5, 0.6) is 5.75 Å². The molecule has 0 bridgehead atoms. The third kappa shape index (κ3) is 5.11. The van der Waals surface area contributed by atoms with E-state index >= 15 is 0 Å². The maximum absolute atomic E-state index is 14.4. The molecule has 1 aromatic heterocycles. The summed E-state index contributed by atoms with van der Waals surface area (Å²) in [5.74, 6) is -1.97. The monoisotopic (exact) mass is 409 g/mol. The summed E-state index contributed by atoms with van der Waals surface area (Å²) < 4.78 is 56.7. The Morgan fingerprint density at radius 1 is 1.14 bits per heavy atom. The molecule has 0 aliphatic carbocycles. The molecular weight excluding hydrogens is 394 g/mol. The topological polar surface area (TPSA) is 76.4 Å². The molecule has 0 radical (unpaired) electrons. The van der Waals surface area contributed by atoms with E-state index in [-0.39, 0.29) is 18.7 Å². The Labute approximate surface area is 162 Å². The minimum absolute atomic E-state index is 0.102. The molecule has 0 aliphatic rings. The molecule has 0 unspecified atom stereocenters. The first-order chi connectivity index (χ1) is 13.7. The van der Waals surface area contributed by atoms with Gasteiger partial charge in [-0.15, -0.1) is 13.2 Å². The summed E-state index contributed by atoms with van der Waals surface area (Å²) in [7, 11) is 0. The summed E-state index contributed by atoms with van der Waals surface area (Å²) in [4.78, 5) is 10.7. The summed E-state index contributed by atoms with van der Waals surface area (Å²) in [5.41, 5.74) is 1.47. The van der Waals surface area contributed by atoms with Gasteiger partial charge in [-0.25, -0.2) is 9.07 Å². The van der Waals surface area contributed by atoms with Crippen LogP contribution in [0.15, 0.2) is 54.7 Å². The Bertz CT molecular complexity index is 1000. The van der Waals surface area contributed by atoms with E-state index in [4.69, 9.17) is 5.11 Å². The lowest BCUT2D eigenvalue weighted by molar-refractivity contribution is -0.274. The van der Waals surface area contributed by atoms with E-state index in [1.807, 2.05) is 0 Å². The number of hydrogen-bond acceptors (Lipinski definition) is 4. The predicted octanol–water partition coefficient (Wildman–Crippen LogP) is 3.75. The maximum Gasteiger partial charge on any atom is 0.573 e. The molecule has 152 valence electrons. The van der Waals surface area contributed by atoms with Crippen LogP contribution < -0.4 is 10.1 Å². The Morgan fingerprint density at radius 3 is 2.45 bits per heavy atom. The van der Waals surface area contributed by atoms with E-state index in [1.54, 1.807) is 6.07 Å². The Hall–Kier alpha value is -3.40. The molecule has 0 spiro atoms. The summed E-state index contributed by atoms with van der Waals surface area (Å²) in [6.07, 6.45) is -3.37. The Balaban J connectivity index is 1.99. The third-order valence-corrected chi connectivity index (χ3v) is 3.88. The third-order valence-electron chi connectivity index (χ3n) is 3.88. The highest BCUT2D eigenvalue weighted by atomic mass is 19.4. The number of halogens is 4. The van der Waals surface area contributed by atoms with E-state index in [1.165, 1.54) is 41.2 Å². The largest absolute Gasteiger partial charge is 0.573 e. The number of carboxylic acid groups (broad SMARTS) is 1. The maximum atomic E-state index is 14.4. The lowest BCUT2D eigenvalue weighted by atomic mass is 10.1. The lowest BCUT2D eigenvalue weighted by Crippen LogP contribution is -2.22. The highest BCUT2D eigenvalue weighted by molar-refractivity contribution is 5.69. The van der Waals surface area contributed by atoms with Gasteiger partial charge in [-0.05, 0) is 36.4 Å². The molecule has 10 heteroatoms. The van der Waals surface area contributed by atoms with Crippen molar-refractivity contribution in [2.75, 3.05) is 6.54 Å². The molecule has 1 heterocycles. The Kier molecular flexibility index (Phi) is 5.83. The molecule has 0 fully saturated rings. The van der Waals surface area contributed by atoms with Crippen molar-refractivity contribution >= 4 is 5.97 Å². The van der Waals surface area contributed by atoms with Crippen LogP contribution in [0.3, 0.4) is 0 Å². The highest BCUT2D eigenvalue weighted by Gasteiger charge is 2.31. The minimum atomic E-state index is -4.81. The summed E-state index contributed by atoms with van der Waals surface area (Å²) >= 11 is 0. The van der Waals surface area contributed by atoms with Gasteiger partial charge in [0.05, 0.1) is 24.1 Å². The van der Waals surface area contributed by atoms with Crippen molar-refractivity contribution in [2.45, 2.75) is 12.9 Å². The number of aliphatic carboxylic acids is 1. The molecule has 0 amide bonds. The lowest BCUT2D eigenvalue weighted by Gasteiger charge is -2.13. The quantitative estimate of drug-likeness (QED) is 0.582. The zero-order chi connectivity index (χ0) is 21.0. The van der Waals surface area contributed by atoms with Crippen LogP contribution in [0.2, 0.25) is 0 Å². The van der Waals surface area contributed by atoms with Crippen LogP contribution in [0.1, 0.15) is 5.56 Å². The fraction of sp³-hybridized carbons (Fsp3) is 0.158. The van der Waals surface area contributed by atoms with E-state index in [0.717, 1.165) is 12.1 Å². The number of alkyl halides is 3. The first-order valence-corrected chi connectivity index (χ1v) is 8.35. The normalized spacial score (nSPS) is 11.4. The van der Waals surface area contributed by atoms with Gasteiger partial charge in [-0.3, -0.25) is 4.79 Å². The van der Waals surface area contributed by atoms with Crippen LogP contribution in [-0.2, 0) is 11.3 Å². The van der Waals surface area contributed by atoms with Crippen LogP contribution in [0.4, 0.5) is 17.6 Å². The van der Waals surface area contributed by atoms with Crippen molar-refractivity contribution in [3.05, 3.63) is 66.1 Å². The van der Waals surface area contributed by atoms with Gasteiger partial charge in [0.25, 0.3) is 0 Å². The van der Waals surface area contributed by atoms with Crippen LogP contribution >= 0.6 is 0 Å². The average molecular weight is 409 g/mol. The van der Waals surface area contributed by atoms with Gasteiger partial charge < -0.3 is 15.2 Å². The number of benzene rings is 2. The number of rotatable bonds is 7. The molecule has 0 atom stereocenters. The van der Waals surface area contributed by atoms with E-state index in [2.05, 4.69) is 15.2 Å². The molecule has 3 rings (SSSR count). The Morgan fingerprint density at radius 2 is 1.83 bits per heavy atom. The number of nitrogens with zero attached hydrogens (tertiary/aromatic N) is 2. The molecule has 29 heavy (non-hydrogen) atoms. The molecule has 0 aliphatic heterocycles. The number of aromatic nitrogens is 2. The van der Waals surface area contributed by atoms with Crippen LogP contribution in [0, 0.1) is 5.82 Å². The first kappa shape index (κ1) is 20.3. The molecule has 2 aromatic carbocycles. The van der Waals surface area contributed by atoms with E-state index in [9.17, 15) is 22.4 Å². The minimum Gasteiger partial charge on any atom is -0.480 e. The number of hydrogen-bond donors (Lipinski definition) is 2. The van der Waals surface area contributed by atoms with Crippen molar-refractivity contribution in [1.29, 1.82) is 0 Å². The van der Waals surface area contributed by atoms with Crippen molar-refractivity contribution in [1.82, 2.24) is 15.1 Å². The van der Waals surface area contributed by atoms with Gasteiger partial charge in [0.15, 0.2) is 0 Å². The standard InChI is InChI=1S/C19H15F4N3O3/c20-16-4-2-1-3-15(16)18-12(9-24-11-17(27)28)10-25-26(18)13-5-7-14(8-6-13)29-19(21,22)23/h1-8,10,24H,9,11H2,(H,27,28). The van der Waals surface area contributed by atoms with E-state index < -0.39 is 23.9 Å². The van der Waals surface area contributed by atoms with Crippen LogP contribution in [-0.4, -0.2) is 33.8 Å². The fourth-order valence-corrected chi connectivity index (χ4v) is 2.74. The second-order valence-corrected chi connectivity index (χ2v) is 5.95. The zero-order valence-electron chi connectivity index (χ0n) is 14.8. The number of carbonyl (C=O) groups is 1. The number of ether oxygens (including phenoxy) is 1. The van der Waals surface area contributed by atoms with Gasteiger partial charge in [-0.2, -0.15) is 5.10 Å². The second kappa shape index (κ2) is 8.31. The summed E-state index contributed by atoms with van der Waals surface area (Å²) in [6.45, 7) is -0.198.